The van der Waals surface area contributed by atoms with Gasteiger partial charge in [0.2, 0.25) is 0 Å². The van der Waals surface area contributed by atoms with Gasteiger partial charge in [0.1, 0.15) is 11.0 Å². The average molecular weight is 265 g/mol. The zero-order valence-electron chi connectivity index (χ0n) is 9.04. The monoisotopic (exact) mass is 264 g/mol. The second kappa shape index (κ2) is 5.77. The number of aromatic nitrogens is 1. The number of hydrogen-bond acceptors (Lipinski definition) is 4. The number of rotatable bonds is 4. The molecule has 0 unspecified atom stereocenters. The maximum absolute atomic E-state index is 12.7. The number of carbonyl (C=O) groups excluding carboxylic acids is 1. The third-order valence-corrected chi connectivity index (χ3v) is 2.19. The van der Waals surface area contributed by atoms with E-state index in [0.29, 0.717) is 0 Å². The summed E-state index contributed by atoms with van der Waals surface area (Å²) in [6.45, 7) is 1.80. The van der Waals surface area contributed by atoms with Gasteiger partial charge in [0.05, 0.1) is 18.6 Å². The highest BCUT2D eigenvalue weighted by Crippen LogP contribution is 2.29. The van der Waals surface area contributed by atoms with E-state index in [2.05, 4.69) is 9.72 Å². The Balaban J connectivity index is 3.08. The summed E-state index contributed by atoms with van der Waals surface area (Å²) in [4.78, 5) is 14.8. The van der Waals surface area contributed by atoms with Crippen molar-refractivity contribution < 1.29 is 18.3 Å². The van der Waals surface area contributed by atoms with Gasteiger partial charge in [-0.05, 0) is 18.6 Å². The van der Waals surface area contributed by atoms with Crippen molar-refractivity contribution in [3.05, 3.63) is 22.3 Å². The topological polar surface area (TPSA) is 65.2 Å². The number of esters is 1. The number of ether oxygens (including phenoxy) is 1. The SMILES string of the molecule is CCOC(=O)Cc1cc(Cl)nc(N)c1C(F)F. The Kier molecular flexibility index (Phi) is 4.62. The summed E-state index contributed by atoms with van der Waals surface area (Å²) in [6.07, 6.45) is -3.12. The fourth-order valence-electron chi connectivity index (χ4n) is 1.36. The Morgan fingerprint density at radius 2 is 2.29 bits per heavy atom. The van der Waals surface area contributed by atoms with E-state index >= 15 is 0 Å². The zero-order chi connectivity index (χ0) is 13.0. The molecule has 0 saturated heterocycles. The Labute approximate surface area is 102 Å². The lowest BCUT2D eigenvalue weighted by Crippen LogP contribution is -2.11. The standard InChI is InChI=1S/C10H11ClF2N2O2/c1-2-17-7(16)4-5-3-6(11)15-10(14)8(5)9(12)13/h3,9H,2,4H2,1H3,(H2,14,15). The third-order valence-electron chi connectivity index (χ3n) is 2.00. The van der Waals surface area contributed by atoms with Gasteiger partial charge < -0.3 is 10.5 Å². The van der Waals surface area contributed by atoms with E-state index in [4.69, 9.17) is 17.3 Å². The number of anilines is 1. The first-order valence-electron chi connectivity index (χ1n) is 4.84. The van der Waals surface area contributed by atoms with Crippen molar-refractivity contribution in [2.45, 2.75) is 19.8 Å². The molecule has 4 nitrogen and oxygen atoms in total. The van der Waals surface area contributed by atoms with Gasteiger partial charge in [-0.3, -0.25) is 4.79 Å². The van der Waals surface area contributed by atoms with E-state index in [1.54, 1.807) is 6.92 Å². The number of hydrogen-bond donors (Lipinski definition) is 1. The van der Waals surface area contributed by atoms with E-state index < -0.39 is 18.0 Å². The van der Waals surface area contributed by atoms with E-state index in [1.807, 2.05) is 0 Å². The number of halogens is 3. The minimum atomic E-state index is -2.82. The first-order valence-corrected chi connectivity index (χ1v) is 5.22. The van der Waals surface area contributed by atoms with Crippen LogP contribution in [0.1, 0.15) is 24.5 Å². The number of nitrogens with zero attached hydrogens (tertiary/aromatic N) is 1. The summed E-state index contributed by atoms with van der Waals surface area (Å²) in [7, 11) is 0. The highest BCUT2D eigenvalue weighted by Gasteiger charge is 2.20. The Morgan fingerprint density at radius 1 is 1.65 bits per heavy atom. The van der Waals surface area contributed by atoms with Crippen LogP contribution < -0.4 is 5.73 Å². The zero-order valence-corrected chi connectivity index (χ0v) is 9.80. The highest BCUT2D eigenvalue weighted by molar-refractivity contribution is 6.29. The van der Waals surface area contributed by atoms with Crippen LogP contribution in [0.4, 0.5) is 14.6 Å². The van der Waals surface area contributed by atoms with Crippen molar-refractivity contribution in [3.63, 3.8) is 0 Å². The first-order chi connectivity index (χ1) is 7.95. The first kappa shape index (κ1) is 13.6. The third kappa shape index (κ3) is 3.52. The Bertz CT molecular complexity index is 427. The molecule has 7 heteroatoms. The van der Waals surface area contributed by atoms with Gasteiger partial charge in [-0.25, -0.2) is 13.8 Å². The van der Waals surface area contributed by atoms with Crippen LogP contribution in [0.15, 0.2) is 6.07 Å². The largest absolute Gasteiger partial charge is 0.466 e. The van der Waals surface area contributed by atoms with Crippen molar-refractivity contribution in [1.29, 1.82) is 0 Å². The number of pyridine rings is 1. The summed E-state index contributed by atoms with van der Waals surface area (Å²) < 4.78 is 30.2. The van der Waals surface area contributed by atoms with Crippen LogP contribution in [0, 0.1) is 0 Å². The molecular weight excluding hydrogens is 254 g/mol. The molecule has 0 fully saturated rings. The van der Waals surface area contributed by atoms with E-state index in [0.717, 1.165) is 0 Å². The lowest BCUT2D eigenvalue weighted by atomic mass is 10.1. The van der Waals surface area contributed by atoms with Crippen LogP contribution in [0.25, 0.3) is 0 Å². The Morgan fingerprint density at radius 3 is 2.82 bits per heavy atom. The Hall–Kier alpha value is -1.43. The minimum Gasteiger partial charge on any atom is -0.466 e. The molecule has 0 aliphatic heterocycles. The minimum absolute atomic E-state index is 0.0359. The van der Waals surface area contributed by atoms with Crippen molar-refractivity contribution in [3.8, 4) is 0 Å². The summed E-state index contributed by atoms with van der Waals surface area (Å²) in [5.74, 6) is -0.983. The maximum atomic E-state index is 12.7. The maximum Gasteiger partial charge on any atom is 0.310 e. The van der Waals surface area contributed by atoms with Gasteiger partial charge in [0, 0.05) is 0 Å². The molecule has 1 rings (SSSR count). The molecule has 2 N–H and O–H groups in total. The van der Waals surface area contributed by atoms with Crippen molar-refractivity contribution in [2.75, 3.05) is 12.3 Å². The number of nitrogens with two attached hydrogens (primary N) is 1. The van der Waals surface area contributed by atoms with E-state index in [-0.39, 0.29) is 29.6 Å². The van der Waals surface area contributed by atoms with Gasteiger partial charge in [0.25, 0.3) is 6.43 Å². The smallest absolute Gasteiger partial charge is 0.310 e. The molecule has 1 heterocycles. The number of carbonyl (C=O) groups is 1. The van der Waals surface area contributed by atoms with Crippen LogP contribution in [-0.2, 0) is 16.0 Å². The number of nitrogen functional groups attached to an aromatic ring is 1. The molecule has 0 spiro atoms. The molecule has 0 aliphatic carbocycles. The van der Waals surface area contributed by atoms with Gasteiger partial charge in [0.15, 0.2) is 0 Å². The molecule has 1 aromatic heterocycles. The van der Waals surface area contributed by atoms with Crippen LogP contribution in [-0.4, -0.2) is 17.6 Å². The van der Waals surface area contributed by atoms with Gasteiger partial charge in [-0.2, -0.15) is 0 Å². The van der Waals surface area contributed by atoms with Crippen molar-refractivity contribution in [1.82, 2.24) is 4.98 Å². The van der Waals surface area contributed by atoms with Gasteiger partial charge in [-0.1, -0.05) is 11.6 Å². The predicted molar refractivity (Wildman–Crippen MR) is 59.0 cm³/mol. The lowest BCUT2D eigenvalue weighted by Gasteiger charge is -2.11. The lowest BCUT2D eigenvalue weighted by molar-refractivity contribution is -0.142. The molecule has 0 radical (unpaired) electrons. The van der Waals surface area contributed by atoms with Crippen LogP contribution in [0.3, 0.4) is 0 Å². The van der Waals surface area contributed by atoms with E-state index in [1.165, 1.54) is 6.07 Å². The molecule has 0 bridgehead atoms. The quantitative estimate of drug-likeness (QED) is 0.670. The van der Waals surface area contributed by atoms with E-state index in [9.17, 15) is 13.6 Å². The molecule has 1 aromatic rings. The second-order valence-corrected chi connectivity index (χ2v) is 3.57. The van der Waals surface area contributed by atoms with Gasteiger partial charge >= 0.3 is 5.97 Å². The molecule has 0 saturated carbocycles. The molecule has 17 heavy (non-hydrogen) atoms. The average Bonchev–Trinajstić information content (AvgIpc) is 2.15. The van der Waals surface area contributed by atoms with Crippen LogP contribution in [0.5, 0.6) is 0 Å². The summed E-state index contributed by atoms with van der Waals surface area (Å²) in [5.41, 5.74) is 4.91. The molecule has 0 aromatic carbocycles. The fourth-order valence-corrected chi connectivity index (χ4v) is 1.58. The summed E-state index contributed by atoms with van der Waals surface area (Å²) >= 11 is 5.60. The molecular formula is C10H11ClF2N2O2. The fraction of sp³-hybridized carbons (Fsp3) is 0.400. The van der Waals surface area contributed by atoms with Crippen molar-refractivity contribution >= 4 is 23.4 Å². The molecule has 0 amide bonds. The normalized spacial score (nSPS) is 10.6. The molecule has 94 valence electrons. The van der Waals surface area contributed by atoms with Crippen molar-refractivity contribution in [2.24, 2.45) is 0 Å². The van der Waals surface area contributed by atoms with Crippen LogP contribution in [0.2, 0.25) is 5.15 Å². The molecule has 0 atom stereocenters. The van der Waals surface area contributed by atoms with Gasteiger partial charge in [-0.15, -0.1) is 0 Å². The van der Waals surface area contributed by atoms with Crippen LogP contribution >= 0.6 is 11.6 Å². The highest BCUT2D eigenvalue weighted by atomic mass is 35.5. The summed E-state index contributed by atoms with van der Waals surface area (Å²) in [5, 5.41) is -0.0359. The second-order valence-electron chi connectivity index (χ2n) is 3.19. The summed E-state index contributed by atoms with van der Waals surface area (Å²) in [6, 6.07) is 1.19. The number of alkyl halides is 2. The predicted octanol–water partition coefficient (Wildman–Crippen LogP) is 2.36. The molecule has 0 aliphatic rings.